The SMILES string of the molecule is Oc1c[nH]c2ccc(Cl)cc12. The van der Waals surface area contributed by atoms with E-state index in [1.54, 1.807) is 18.3 Å². The van der Waals surface area contributed by atoms with E-state index in [0.29, 0.717) is 5.02 Å². The second kappa shape index (κ2) is 2.17. The molecule has 0 saturated carbocycles. The highest BCUT2D eigenvalue weighted by Gasteiger charge is 2.00. The maximum absolute atomic E-state index is 9.25. The highest BCUT2D eigenvalue weighted by molar-refractivity contribution is 6.31. The lowest BCUT2D eigenvalue weighted by Gasteiger charge is -1.90. The molecule has 1 heterocycles. The van der Waals surface area contributed by atoms with Crippen molar-refractivity contribution >= 4 is 22.5 Å². The molecule has 3 heteroatoms. The molecule has 0 fully saturated rings. The molecule has 0 aliphatic rings. The summed E-state index contributed by atoms with van der Waals surface area (Å²) in [5.74, 6) is 0.238. The minimum absolute atomic E-state index is 0.238. The van der Waals surface area contributed by atoms with Crippen LogP contribution in [0.5, 0.6) is 5.75 Å². The van der Waals surface area contributed by atoms with Crippen molar-refractivity contribution in [2.24, 2.45) is 0 Å². The third-order valence-corrected chi connectivity index (χ3v) is 1.86. The smallest absolute Gasteiger partial charge is 0.140 e. The minimum Gasteiger partial charge on any atom is -0.506 e. The van der Waals surface area contributed by atoms with E-state index in [-0.39, 0.29) is 5.75 Å². The van der Waals surface area contributed by atoms with Gasteiger partial charge in [0.15, 0.2) is 0 Å². The van der Waals surface area contributed by atoms with Crippen molar-refractivity contribution in [3.63, 3.8) is 0 Å². The molecule has 56 valence electrons. The number of aromatic hydroxyl groups is 1. The maximum Gasteiger partial charge on any atom is 0.140 e. The predicted molar refractivity (Wildman–Crippen MR) is 45.0 cm³/mol. The van der Waals surface area contributed by atoms with Gasteiger partial charge in [-0.25, -0.2) is 0 Å². The molecule has 1 aromatic carbocycles. The van der Waals surface area contributed by atoms with Crippen molar-refractivity contribution in [2.45, 2.75) is 0 Å². The Morgan fingerprint density at radius 1 is 1.36 bits per heavy atom. The van der Waals surface area contributed by atoms with Gasteiger partial charge in [-0.3, -0.25) is 0 Å². The fraction of sp³-hybridized carbons (Fsp3) is 0. The van der Waals surface area contributed by atoms with Crippen molar-refractivity contribution in [1.29, 1.82) is 0 Å². The molecule has 2 N–H and O–H groups in total. The molecule has 0 aliphatic carbocycles. The third-order valence-electron chi connectivity index (χ3n) is 1.62. The number of hydrogen-bond donors (Lipinski definition) is 2. The molecule has 11 heavy (non-hydrogen) atoms. The van der Waals surface area contributed by atoms with Crippen LogP contribution in [0, 0.1) is 0 Å². The Hall–Kier alpha value is -1.15. The van der Waals surface area contributed by atoms with Gasteiger partial charge in [0.05, 0.1) is 0 Å². The van der Waals surface area contributed by atoms with Crippen molar-refractivity contribution in [2.75, 3.05) is 0 Å². The number of halogens is 1. The normalized spacial score (nSPS) is 10.6. The van der Waals surface area contributed by atoms with Crippen LogP contribution >= 0.6 is 11.6 Å². The largest absolute Gasteiger partial charge is 0.506 e. The zero-order valence-corrected chi connectivity index (χ0v) is 6.39. The number of H-pyrrole nitrogens is 1. The number of fused-ring (bicyclic) bond motifs is 1. The fourth-order valence-electron chi connectivity index (χ4n) is 1.08. The first-order valence-electron chi connectivity index (χ1n) is 3.23. The average Bonchev–Trinajstić information content (AvgIpc) is 2.33. The second-order valence-electron chi connectivity index (χ2n) is 2.36. The number of benzene rings is 1. The zero-order valence-electron chi connectivity index (χ0n) is 5.63. The Kier molecular flexibility index (Phi) is 1.29. The summed E-state index contributed by atoms with van der Waals surface area (Å²) in [5.41, 5.74) is 0.895. The number of rotatable bonds is 0. The van der Waals surface area contributed by atoms with Crippen LogP contribution in [0.25, 0.3) is 10.9 Å². The van der Waals surface area contributed by atoms with Crippen LogP contribution in [0.15, 0.2) is 24.4 Å². The monoisotopic (exact) mass is 167 g/mol. The van der Waals surface area contributed by atoms with Gasteiger partial charge >= 0.3 is 0 Å². The molecular weight excluding hydrogens is 162 g/mol. The molecular formula is C8H6ClNO. The second-order valence-corrected chi connectivity index (χ2v) is 2.80. The summed E-state index contributed by atoms with van der Waals surface area (Å²) < 4.78 is 0. The zero-order chi connectivity index (χ0) is 7.84. The molecule has 0 spiro atoms. The van der Waals surface area contributed by atoms with Crippen LogP contribution in [0.2, 0.25) is 5.02 Å². The van der Waals surface area contributed by atoms with Gasteiger partial charge in [0.1, 0.15) is 5.75 Å². The molecule has 0 unspecified atom stereocenters. The lowest BCUT2D eigenvalue weighted by molar-refractivity contribution is 0.481. The summed E-state index contributed by atoms with van der Waals surface area (Å²) in [4.78, 5) is 2.91. The number of hydrogen-bond acceptors (Lipinski definition) is 1. The Morgan fingerprint density at radius 3 is 3.00 bits per heavy atom. The summed E-state index contributed by atoms with van der Waals surface area (Å²) in [6, 6.07) is 5.33. The first-order valence-corrected chi connectivity index (χ1v) is 3.61. The van der Waals surface area contributed by atoms with E-state index in [2.05, 4.69) is 4.98 Å². The molecule has 2 nitrogen and oxygen atoms in total. The van der Waals surface area contributed by atoms with E-state index in [1.807, 2.05) is 6.07 Å². The van der Waals surface area contributed by atoms with Gasteiger partial charge in [-0.15, -0.1) is 0 Å². The quantitative estimate of drug-likeness (QED) is 0.622. The molecule has 0 amide bonds. The van der Waals surface area contributed by atoms with Crippen LogP contribution in [0.3, 0.4) is 0 Å². The van der Waals surface area contributed by atoms with Crippen molar-refractivity contribution in [3.8, 4) is 5.75 Å². The predicted octanol–water partition coefficient (Wildman–Crippen LogP) is 2.53. The van der Waals surface area contributed by atoms with Crippen LogP contribution in [0.4, 0.5) is 0 Å². The summed E-state index contributed by atoms with van der Waals surface area (Å²) in [6.07, 6.45) is 1.54. The van der Waals surface area contributed by atoms with Crippen molar-refractivity contribution in [3.05, 3.63) is 29.4 Å². The number of aromatic amines is 1. The molecule has 0 bridgehead atoms. The van der Waals surface area contributed by atoms with E-state index in [0.717, 1.165) is 10.9 Å². The van der Waals surface area contributed by atoms with E-state index in [1.165, 1.54) is 0 Å². The topological polar surface area (TPSA) is 36.0 Å². The summed E-state index contributed by atoms with van der Waals surface area (Å²) in [5, 5.41) is 10.6. The molecule has 1 aromatic heterocycles. The van der Waals surface area contributed by atoms with Gasteiger partial charge in [-0.05, 0) is 18.2 Å². The molecule has 0 aliphatic heterocycles. The number of aromatic nitrogens is 1. The first kappa shape index (κ1) is 6.55. The first-order chi connectivity index (χ1) is 5.27. The van der Waals surface area contributed by atoms with Crippen molar-refractivity contribution in [1.82, 2.24) is 4.98 Å². The average molecular weight is 168 g/mol. The van der Waals surface area contributed by atoms with Gasteiger partial charge < -0.3 is 10.1 Å². The van der Waals surface area contributed by atoms with Gasteiger partial charge in [-0.1, -0.05) is 11.6 Å². The van der Waals surface area contributed by atoms with Crippen LogP contribution in [0.1, 0.15) is 0 Å². The van der Waals surface area contributed by atoms with E-state index < -0.39 is 0 Å². The lowest BCUT2D eigenvalue weighted by Crippen LogP contribution is -1.66. The highest BCUT2D eigenvalue weighted by Crippen LogP contribution is 2.26. The summed E-state index contributed by atoms with van der Waals surface area (Å²) in [6.45, 7) is 0. The Bertz CT molecular complexity index is 394. The van der Waals surface area contributed by atoms with Gasteiger partial charge in [-0.2, -0.15) is 0 Å². The van der Waals surface area contributed by atoms with E-state index >= 15 is 0 Å². The van der Waals surface area contributed by atoms with E-state index in [4.69, 9.17) is 11.6 Å². The maximum atomic E-state index is 9.25. The molecule has 2 rings (SSSR count). The van der Waals surface area contributed by atoms with Gasteiger partial charge in [0.25, 0.3) is 0 Å². The minimum atomic E-state index is 0.238. The molecule has 0 atom stereocenters. The fourth-order valence-corrected chi connectivity index (χ4v) is 1.25. The summed E-state index contributed by atoms with van der Waals surface area (Å²) >= 11 is 5.72. The Morgan fingerprint density at radius 2 is 2.18 bits per heavy atom. The Labute approximate surface area is 68.4 Å². The van der Waals surface area contributed by atoms with Crippen molar-refractivity contribution < 1.29 is 5.11 Å². The van der Waals surface area contributed by atoms with E-state index in [9.17, 15) is 5.11 Å². The number of nitrogens with one attached hydrogen (secondary N) is 1. The van der Waals surface area contributed by atoms with Gasteiger partial charge in [0.2, 0.25) is 0 Å². The molecule has 0 saturated heterocycles. The van der Waals surface area contributed by atoms with Gasteiger partial charge in [0, 0.05) is 22.1 Å². The van der Waals surface area contributed by atoms with Crippen LogP contribution in [-0.2, 0) is 0 Å². The van der Waals surface area contributed by atoms with Crippen LogP contribution < -0.4 is 0 Å². The highest BCUT2D eigenvalue weighted by atomic mass is 35.5. The summed E-state index contributed by atoms with van der Waals surface area (Å²) in [7, 11) is 0. The standard InChI is InChI=1S/C8H6ClNO/c9-5-1-2-7-6(3-5)8(11)4-10-7/h1-4,10-11H. The third kappa shape index (κ3) is 0.955. The lowest BCUT2D eigenvalue weighted by atomic mass is 10.2. The Balaban J connectivity index is 2.87. The van der Waals surface area contributed by atoms with Crippen LogP contribution in [-0.4, -0.2) is 10.1 Å². The molecule has 2 aromatic rings. The molecule has 0 radical (unpaired) electrons.